The SMILES string of the molecule is CC(=O)N[C@@H](CCN1C2CCC1CC(n1c(C)nc3c1CCN(C(C)=O)C3)C2)c1ccc(C)s1. The van der Waals surface area contributed by atoms with E-state index in [0.29, 0.717) is 24.7 Å². The Balaban J connectivity index is 1.27. The lowest BCUT2D eigenvalue weighted by Gasteiger charge is -2.41. The highest BCUT2D eigenvalue weighted by atomic mass is 32.1. The quantitative estimate of drug-likeness (QED) is 0.677. The number of amides is 2. The summed E-state index contributed by atoms with van der Waals surface area (Å²) in [4.78, 5) is 35.8. The zero-order chi connectivity index (χ0) is 24.0. The average molecular weight is 484 g/mol. The zero-order valence-electron chi connectivity index (χ0n) is 20.8. The summed E-state index contributed by atoms with van der Waals surface area (Å²) >= 11 is 1.79. The molecule has 0 saturated carbocycles. The van der Waals surface area contributed by atoms with Crippen molar-refractivity contribution in [3.8, 4) is 0 Å². The van der Waals surface area contributed by atoms with Crippen molar-refractivity contribution >= 4 is 23.2 Å². The Morgan fingerprint density at radius 1 is 1.15 bits per heavy atom. The number of imidazole rings is 1. The molecule has 2 aromatic heterocycles. The number of carbonyl (C=O) groups excluding carboxylic acids is 2. The monoisotopic (exact) mass is 483 g/mol. The highest BCUT2D eigenvalue weighted by Gasteiger charge is 2.42. The Labute approximate surface area is 206 Å². The van der Waals surface area contributed by atoms with Crippen LogP contribution in [-0.2, 0) is 22.6 Å². The summed E-state index contributed by atoms with van der Waals surface area (Å²) in [5, 5.41) is 3.19. The molecule has 2 saturated heterocycles. The Hall–Kier alpha value is -2.19. The predicted octanol–water partition coefficient (Wildman–Crippen LogP) is 3.90. The highest BCUT2D eigenvalue weighted by Crippen LogP contribution is 2.43. The third-order valence-corrected chi connectivity index (χ3v) is 9.17. The van der Waals surface area contributed by atoms with Gasteiger partial charge in [-0.15, -0.1) is 11.3 Å². The van der Waals surface area contributed by atoms with E-state index in [1.54, 1.807) is 25.2 Å². The van der Waals surface area contributed by atoms with Crippen LogP contribution in [0.1, 0.15) is 85.0 Å². The molecule has 2 fully saturated rings. The van der Waals surface area contributed by atoms with Crippen LogP contribution in [0.25, 0.3) is 0 Å². The van der Waals surface area contributed by atoms with Crippen LogP contribution in [0.5, 0.6) is 0 Å². The maximum absolute atomic E-state index is 11.9. The van der Waals surface area contributed by atoms with E-state index in [-0.39, 0.29) is 17.9 Å². The third-order valence-electron chi connectivity index (χ3n) is 8.06. The van der Waals surface area contributed by atoms with Gasteiger partial charge in [-0.2, -0.15) is 0 Å². The van der Waals surface area contributed by atoms with Gasteiger partial charge < -0.3 is 14.8 Å². The summed E-state index contributed by atoms with van der Waals surface area (Å²) in [5.41, 5.74) is 2.45. The van der Waals surface area contributed by atoms with Gasteiger partial charge >= 0.3 is 0 Å². The number of piperidine rings is 1. The van der Waals surface area contributed by atoms with E-state index < -0.39 is 0 Å². The van der Waals surface area contributed by atoms with E-state index in [0.717, 1.165) is 37.4 Å². The molecule has 2 aromatic rings. The lowest BCUT2D eigenvalue weighted by atomic mass is 9.95. The molecular weight excluding hydrogens is 446 g/mol. The number of thiophene rings is 1. The first-order valence-electron chi connectivity index (χ1n) is 12.7. The fraction of sp³-hybridized carbons (Fsp3) is 0.654. The van der Waals surface area contributed by atoms with Gasteiger partial charge in [0.25, 0.3) is 0 Å². The first kappa shape index (κ1) is 23.5. The van der Waals surface area contributed by atoms with Gasteiger partial charge in [0.1, 0.15) is 5.82 Å². The average Bonchev–Trinajstić information content (AvgIpc) is 3.42. The molecule has 5 heterocycles. The fourth-order valence-electron chi connectivity index (χ4n) is 6.56. The molecule has 8 heteroatoms. The minimum Gasteiger partial charge on any atom is -0.349 e. The van der Waals surface area contributed by atoms with E-state index in [1.165, 1.54) is 41.1 Å². The van der Waals surface area contributed by atoms with E-state index in [2.05, 4.69) is 40.8 Å². The van der Waals surface area contributed by atoms with Crippen molar-refractivity contribution < 1.29 is 9.59 Å². The van der Waals surface area contributed by atoms with Crippen LogP contribution in [0.15, 0.2) is 12.1 Å². The van der Waals surface area contributed by atoms with Crippen molar-refractivity contribution in [2.24, 2.45) is 0 Å². The number of fused-ring (bicyclic) bond motifs is 3. The fourth-order valence-corrected chi connectivity index (χ4v) is 7.53. The normalized spacial score (nSPS) is 25.3. The summed E-state index contributed by atoms with van der Waals surface area (Å²) < 4.78 is 2.52. The van der Waals surface area contributed by atoms with Crippen molar-refractivity contribution in [1.82, 2.24) is 24.7 Å². The zero-order valence-corrected chi connectivity index (χ0v) is 21.7. The number of rotatable bonds is 6. The van der Waals surface area contributed by atoms with Crippen molar-refractivity contribution in [3.05, 3.63) is 39.1 Å². The van der Waals surface area contributed by atoms with Crippen molar-refractivity contribution in [1.29, 1.82) is 0 Å². The molecule has 2 unspecified atom stereocenters. The van der Waals surface area contributed by atoms with E-state index in [9.17, 15) is 9.59 Å². The second-order valence-electron chi connectivity index (χ2n) is 10.4. The van der Waals surface area contributed by atoms with Gasteiger partial charge in [0.2, 0.25) is 11.8 Å². The smallest absolute Gasteiger partial charge is 0.219 e. The Morgan fingerprint density at radius 2 is 1.88 bits per heavy atom. The largest absolute Gasteiger partial charge is 0.349 e. The van der Waals surface area contributed by atoms with E-state index in [4.69, 9.17) is 4.98 Å². The number of nitrogens with one attached hydrogen (secondary N) is 1. The molecule has 5 rings (SSSR count). The third kappa shape index (κ3) is 4.54. The van der Waals surface area contributed by atoms with Gasteiger partial charge in [0.05, 0.1) is 18.3 Å². The van der Waals surface area contributed by atoms with Crippen LogP contribution in [0.2, 0.25) is 0 Å². The molecule has 0 spiro atoms. The number of hydrogen-bond donors (Lipinski definition) is 1. The molecule has 2 bridgehead atoms. The van der Waals surface area contributed by atoms with Crippen LogP contribution in [0, 0.1) is 13.8 Å². The molecule has 0 aromatic carbocycles. The van der Waals surface area contributed by atoms with E-state index >= 15 is 0 Å². The Morgan fingerprint density at radius 3 is 2.50 bits per heavy atom. The molecule has 7 nitrogen and oxygen atoms in total. The molecule has 1 N–H and O–H groups in total. The summed E-state index contributed by atoms with van der Waals surface area (Å²) in [6.45, 7) is 10.00. The van der Waals surface area contributed by atoms with Gasteiger partial charge in [-0.05, 0) is 58.1 Å². The molecule has 0 radical (unpaired) electrons. The Kier molecular flexibility index (Phi) is 6.55. The molecule has 184 valence electrons. The standard InChI is InChI=1S/C26H37N5O2S/c1-16-5-8-26(34-16)23(28-18(3)32)9-12-30-20-6-7-21(30)14-22(13-20)31-17(2)27-24-15-29(19(4)33)11-10-25(24)31/h5,8,20-23H,6-7,9-15H2,1-4H3,(H,28,32)/t20?,21?,22?,23-/m0/s1. The minimum atomic E-state index is 0.0430. The Bertz CT molecular complexity index is 1060. The summed E-state index contributed by atoms with van der Waals surface area (Å²) in [7, 11) is 0. The lowest BCUT2D eigenvalue weighted by Crippen LogP contribution is -2.45. The van der Waals surface area contributed by atoms with Gasteiger partial charge in [0, 0.05) is 66.9 Å². The van der Waals surface area contributed by atoms with Crippen molar-refractivity contribution in [3.63, 3.8) is 0 Å². The number of hydrogen-bond acceptors (Lipinski definition) is 5. The first-order chi connectivity index (χ1) is 16.3. The predicted molar refractivity (Wildman–Crippen MR) is 134 cm³/mol. The topological polar surface area (TPSA) is 70.5 Å². The number of carbonyl (C=O) groups is 2. The summed E-state index contributed by atoms with van der Waals surface area (Å²) in [5.74, 6) is 1.29. The summed E-state index contributed by atoms with van der Waals surface area (Å²) in [6, 6.07) is 6.11. The maximum atomic E-state index is 11.9. The van der Waals surface area contributed by atoms with Crippen LogP contribution < -0.4 is 5.32 Å². The first-order valence-corrected chi connectivity index (χ1v) is 13.5. The number of aryl methyl sites for hydroxylation is 2. The second kappa shape index (κ2) is 9.46. The van der Waals surface area contributed by atoms with Gasteiger partial charge in [-0.25, -0.2) is 4.98 Å². The van der Waals surface area contributed by atoms with Crippen molar-refractivity contribution in [2.45, 2.75) is 96.9 Å². The van der Waals surface area contributed by atoms with Gasteiger partial charge in [0.15, 0.2) is 0 Å². The molecule has 3 aliphatic rings. The molecular formula is C26H37N5O2S. The molecule has 3 atom stereocenters. The van der Waals surface area contributed by atoms with Gasteiger partial charge in [-0.1, -0.05) is 0 Å². The molecule has 0 aliphatic carbocycles. The van der Waals surface area contributed by atoms with Crippen LogP contribution in [0.3, 0.4) is 0 Å². The lowest BCUT2D eigenvalue weighted by molar-refractivity contribution is -0.129. The number of nitrogens with zero attached hydrogens (tertiary/aromatic N) is 4. The molecule has 3 aliphatic heterocycles. The minimum absolute atomic E-state index is 0.0430. The van der Waals surface area contributed by atoms with Gasteiger partial charge in [-0.3, -0.25) is 14.5 Å². The number of aromatic nitrogens is 2. The molecule has 2 amide bonds. The second-order valence-corrected chi connectivity index (χ2v) is 11.7. The van der Waals surface area contributed by atoms with E-state index in [1.807, 2.05) is 4.90 Å². The van der Waals surface area contributed by atoms with Crippen molar-refractivity contribution in [2.75, 3.05) is 13.1 Å². The van der Waals surface area contributed by atoms with Crippen LogP contribution >= 0.6 is 11.3 Å². The van der Waals surface area contributed by atoms with Crippen LogP contribution in [-0.4, -0.2) is 56.3 Å². The maximum Gasteiger partial charge on any atom is 0.219 e. The summed E-state index contributed by atoms with van der Waals surface area (Å²) in [6.07, 6.45) is 6.72. The molecule has 34 heavy (non-hydrogen) atoms. The van der Waals surface area contributed by atoms with Crippen LogP contribution in [0.4, 0.5) is 0 Å². The highest BCUT2D eigenvalue weighted by molar-refractivity contribution is 7.12.